The molecule has 2 aromatic heterocycles. The molecule has 0 spiro atoms. The predicted octanol–water partition coefficient (Wildman–Crippen LogP) is 5.01. The van der Waals surface area contributed by atoms with Gasteiger partial charge in [-0.05, 0) is 48.0 Å². The zero-order valence-corrected chi connectivity index (χ0v) is 20.6. The third-order valence-electron chi connectivity index (χ3n) is 5.66. The molecule has 1 N–H and O–H groups in total. The van der Waals surface area contributed by atoms with Gasteiger partial charge in [-0.25, -0.2) is 23.5 Å². The number of carbonyl (C=O) groups is 1. The number of benzene rings is 1. The maximum absolute atomic E-state index is 15.1. The van der Waals surface area contributed by atoms with Crippen molar-refractivity contribution < 1.29 is 23.4 Å². The van der Waals surface area contributed by atoms with Crippen molar-refractivity contribution in [2.24, 2.45) is 0 Å². The topological polar surface area (TPSA) is 91.7 Å². The van der Waals surface area contributed by atoms with Crippen molar-refractivity contribution in [1.82, 2.24) is 19.9 Å². The van der Waals surface area contributed by atoms with Gasteiger partial charge in [0, 0.05) is 36.8 Å². The standard InChI is InChI=1S/C22H21BrClF2N5O3/c1-11-8-31(22(32)33)12(2)7-30(11)21-13-6-14(24)18(23)19(26)20(13)28-17(29-21)10-34-9-16-15(25)4-3-5-27-16/h3-6,11-12H,7-10H2,1-2H3,(H,32,33)/t11-,12+/m0/s1. The van der Waals surface area contributed by atoms with Crippen LogP contribution in [0.15, 0.2) is 28.9 Å². The minimum Gasteiger partial charge on any atom is -0.465 e. The summed E-state index contributed by atoms with van der Waals surface area (Å²) >= 11 is 9.37. The highest BCUT2D eigenvalue weighted by Crippen LogP contribution is 2.36. The van der Waals surface area contributed by atoms with E-state index >= 15 is 4.39 Å². The molecule has 3 aromatic rings. The number of halogens is 4. The fraction of sp³-hybridized carbons (Fsp3) is 0.364. The van der Waals surface area contributed by atoms with E-state index in [1.165, 1.54) is 23.2 Å². The molecular formula is C22H21BrClF2N5O3. The lowest BCUT2D eigenvalue weighted by atomic mass is 10.1. The largest absolute Gasteiger partial charge is 0.465 e. The second-order valence-electron chi connectivity index (χ2n) is 8.06. The number of carboxylic acid groups (broad SMARTS) is 1. The summed E-state index contributed by atoms with van der Waals surface area (Å²) in [5.41, 5.74) is 0.181. The third-order valence-corrected chi connectivity index (χ3v) is 6.96. The molecule has 8 nitrogen and oxygen atoms in total. The minimum atomic E-state index is -1.000. The molecule has 3 heterocycles. The highest BCUT2D eigenvalue weighted by molar-refractivity contribution is 9.10. The van der Waals surface area contributed by atoms with Crippen LogP contribution in [0, 0.1) is 11.6 Å². The summed E-state index contributed by atoms with van der Waals surface area (Å²) in [6, 6.07) is 3.78. The van der Waals surface area contributed by atoms with Gasteiger partial charge in [-0.15, -0.1) is 0 Å². The molecule has 1 aliphatic rings. The van der Waals surface area contributed by atoms with Crippen LogP contribution >= 0.6 is 27.5 Å². The number of nitrogens with zero attached hydrogens (tertiary/aromatic N) is 5. The molecule has 34 heavy (non-hydrogen) atoms. The second kappa shape index (κ2) is 9.93. The second-order valence-corrected chi connectivity index (χ2v) is 9.26. The molecular weight excluding hydrogens is 536 g/mol. The lowest BCUT2D eigenvalue weighted by Gasteiger charge is -2.43. The van der Waals surface area contributed by atoms with Crippen molar-refractivity contribution in [3.05, 3.63) is 57.0 Å². The van der Waals surface area contributed by atoms with E-state index in [4.69, 9.17) is 16.3 Å². The minimum absolute atomic E-state index is 0.0457. The van der Waals surface area contributed by atoms with Crippen LogP contribution in [0.25, 0.3) is 10.9 Å². The number of ether oxygens (including phenoxy) is 1. The highest BCUT2D eigenvalue weighted by atomic mass is 79.9. The van der Waals surface area contributed by atoms with Crippen LogP contribution in [0.3, 0.4) is 0 Å². The summed E-state index contributed by atoms with van der Waals surface area (Å²) in [6.07, 6.45) is 0.461. The van der Waals surface area contributed by atoms with Crippen molar-refractivity contribution in [3.63, 3.8) is 0 Å². The number of anilines is 1. The Morgan fingerprint density at radius 3 is 2.74 bits per heavy atom. The molecule has 4 rings (SSSR count). The monoisotopic (exact) mass is 555 g/mol. The normalized spacial score (nSPS) is 18.5. The maximum Gasteiger partial charge on any atom is 0.407 e. The Kier molecular flexibility index (Phi) is 7.15. The van der Waals surface area contributed by atoms with E-state index in [0.717, 1.165) is 0 Å². The number of piperazine rings is 1. The molecule has 0 aliphatic carbocycles. The maximum atomic E-state index is 15.1. The van der Waals surface area contributed by atoms with E-state index in [1.54, 1.807) is 13.0 Å². The number of pyridine rings is 1. The molecule has 1 saturated heterocycles. The molecule has 1 aromatic carbocycles. The summed E-state index contributed by atoms with van der Waals surface area (Å²) in [5.74, 6) is -0.530. The van der Waals surface area contributed by atoms with Gasteiger partial charge in [0.05, 0.1) is 16.1 Å². The number of aromatic nitrogens is 3. The number of hydrogen-bond acceptors (Lipinski definition) is 6. The lowest BCUT2D eigenvalue weighted by molar-refractivity contribution is 0.0968. The Bertz CT molecular complexity index is 1250. The molecule has 1 amide bonds. The highest BCUT2D eigenvalue weighted by Gasteiger charge is 2.34. The molecule has 1 fully saturated rings. The first kappa shape index (κ1) is 24.5. The molecule has 1 aliphatic heterocycles. The van der Waals surface area contributed by atoms with E-state index in [1.807, 2.05) is 11.8 Å². The Morgan fingerprint density at radius 1 is 1.26 bits per heavy atom. The third kappa shape index (κ3) is 4.77. The van der Waals surface area contributed by atoms with E-state index in [2.05, 4.69) is 30.9 Å². The van der Waals surface area contributed by atoms with Crippen molar-refractivity contribution in [3.8, 4) is 0 Å². The van der Waals surface area contributed by atoms with E-state index in [9.17, 15) is 14.3 Å². The first-order valence-electron chi connectivity index (χ1n) is 10.4. The zero-order valence-electron chi connectivity index (χ0n) is 18.3. The Morgan fingerprint density at radius 2 is 2.03 bits per heavy atom. The Balaban J connectivity index is 1.71. The molecule has 0 unspecified atom stereocenters. The van der Waals surface area contributed by atoms with Crippen LogP contribution in [0.1, 0.15) is 25.4 Å². The van der Waals surface area contributed by atoms with Gasteiger partial charge in [0.1, 0.15) is 29.5 Å². The van der Waals surface area contributed by atoms with Crippen molar-refractivity contribution >= 4 is 50.3 Å². The van der Waals surface area contributed by atoms with Gasteiger partial charge in [-0.2, -0.15) is 0 Å². The van der Waals surface area contributed by atoms with Crippen molar-refractivity contribution in [2.45, 2.75) is 39.1 Å². The molecule has 180 valence electrons. The van der Waals surface area contributed by atoms with Gasteiger partial charge in [0.15, 0.2) is 11.6 Å². The summed E-state index contributed by atoms with van der Waals surface area (Å²) < 4.78 is 34.6. The van der Waals surface area contributed by atoms with Crippen LogP contribution in [0.5, 0.6) is 0 Å². The first-order chi connectivity index (χ1) is 16.2. The van der Waals surface area contributed by atoms with E-state index in [-0.39, 0.29) is 58.4 Å². The average Bonchev–Trinajstić information content (AvgIpc) is 2.80. The smallest absolute Gasteiger partial charge is 0.407 e. The predicted molar refractivity (Wildman–Crippen MR) is 126 cm³/mol. The first-order valence-corrected chi connectivity index (χ1v) is 11.6. The summed E-state index contributed by atoms with van der Waals surface area (Å²) in [6.45, 7) is 4.03. The van der Waals surface area contributed by atoms with Gasteiger partial charge in [0.2, 0.25) is 0 Å². The molecule has 0 saturated carbocycles. The van der Waals surface area contributed by atoms with Crippen molar-refractivity contribution in [2.75, 3.05) is 18.0 Å². The van der Waals surface area contributed by atoms with Crippen LogP contribution in [0.4, 0.5) is 19.4 Å². The van der Waals surface area contributed by atoms with Crippen molar-refractivity contribution in [1.29, 1.82) is 0 Å². The molecule has 0 radical (unpaired) electrons. The fourth-order valence-electron chi connectivity index (χ4n) is 3.94. The van der Waals surface area contributed by atoms with Gasteiger partial charge in [-0.1, -0.05) is 11.6 Å². The fourth-order valence-corrected chi connectivity index (χ4v) is 4.43. The van der Waals surface area contributed by atoms with Gasteiger partial charge >= 0.3 is 6.09 Å². The molecule has 12 heteroatoms. The molecule has 2 atom stereocenters. The summed E-state index contributed by atoms with van der Waals surface area (Å²) in [4.78, 5) is 27.7. The Labute approximate surface area is 207 Å². The number of fused-ring (bicyclic) bond motifs is 1. The summed E-state index contributed by atoms with van der Waals surface area (Å²) in [7, 11) is 0. The Hall–Kier alpha value is -2.63. The van der Waals surface area contributed by atoms with Gasteiger partial charge in [0.25, 0.3) is 0 Å². The van der Waals surface area contributed by atoms with Crippen LogP contribution < -0.4 is 4.90 Å². The van der Waals surface area contributed by atoms with Crippen LogP contribution in [-0.2, 0) is 18.0 Å². The van der Waals surface area contributed by atoms with E-state index < -0.39 is 17.7 Å². The number of hydrogen-bond donors (Lipinski definition) is 1. The zero-order chi connectivity index (χ0) is 24.6. The lowest BCUT2D eigenvalue weighted by Crippen LogP contribution is -2.58. The quantitative estimate of drug-likeness (QED) is 0.442. The van der Waals surface area contributed by atoms with Gasteiger partial charge < -0.3 is 19.6 Å². The SMILES string of the molecule is C[C@@H]1CN(c2nc(COCc3ncccc3F)nc3c(F)c(Br)c(Cl)cc23)[C@@H](C)CN1C(=O)O. The number of amides is 1. The average molecular weight is 557 g/mol. The number of rotatable bonds is 5. The molecule has 0 bridgehead atoms. The summed E-state index contributed by atoms with van der Waals surface area (Å²) in [5, 5.41) is 10.0. The van der Waals surface area contributed by atoms with Crippen LogP contribution in [0.2, 0.25) is 5.02 Å². The van der Waals surface area contributed by atoms with E-state index in [0.29, 0.717) is 17.7 Å². The van der Waals surface area contributed by atoms with Crippen LogP contribution in [-0.4, -0.2) is 56.2 Å². The van der Waals surface area contributed by atoms with Gasteiger partial charge in [-0.3, -0.25) is 4.98 Å².